The van der Waals surface area contributed by atoms with Gasteiger partial charge in [0.1, 0.15) is 0 Å². The zero-order valence-electron chi connectivity index (χ0n) is 17.0. The molecular weight excluding hydrogens is 418 g/mol. The molecule has 1 aromatic heterocycles. The van der Waals surface area contributed by atoms with Crippen LogP contribution in [-0.4, -0.2) is 39.2 Å². The number of likely N-dealkylation sites (tertiary alicyclic amines) is 1. The Morgan fingerprint density at radius 1 is 1.13 bits per heavy atom. The van der Waals surface area contributed by atoms with Crippen molar-refractivity contribution in [2.24, 2.45) is 11.8 Å². The van der Waals surface area contributed by atoms with Gasteiger partial charge in [0.2, 0.25) is 5.91 Å². The first-order valence-electron chi connectivity index (χ1n) is 10.1. The number of hydrogen-bond acceptors (Lipinski definition) is 4. The van der Waals surface area contributed by atoms with Crippen molar-refractivity contribution in [3.8, 4) is 5.69 Å². The van der Waals surface area contributed by atoms with E-state index in [1.54, 1.807) is 28.8 Å². The summed E-state index contributed by atoms with van der Waals surface area (Å²) in [7, 11) is 0. The van der Waals surface area contributed by atoms with Crippen LogP contribution in [0.3, 0.4) is 0 Å². The third kappa shape index (κ3) is 4.40. The Balaban J connectivity index is 1.68. The van der Waals surface area contributed by atoms with Crippen LogP contribution < -0.4 is 5.56 Å². The summed E-state index contributed by atoms with van der Waals surface area (Å²) in [5, 5.41) is 1.56. The normalized spacial score (nSPS) is 19.2. The molecule has 0 unspecified atom stereocenters. The number of halogens is 1. The van der Waals surface area contributed by atoms with Gasteiger partial charge in [0.15, 0.2) is 5.16 Å². The van der Waals surface area contributed by atoms with Crippen molar-refractivity contribution < 1.29 is 4.79 Å². The maximum atomic E-state index is 13.3. The van der Waals surface area contributed by atoms with Crippen LogP contribution in [0.2, 0.25) is 5.02 Å². The van der Waals surface area contributed by atoms with E-state index >= 15 is 0 Å². The van der Waals surface area contributed by atoms with E-state index in [0.29, 0.717) is 38.6 Å². The van der Waals surface area contributed by atoms with Gasteiger partial charge in [-0.05, 0) is 48.6 Å². The van der Waals surface area contributed by atoms with Crippen LogP contribution in [0.4, 0.5) is 0 Å². The zero-order chi connectivity index (χ0) is 21.3. The molecule has 1 aliphatic rings. The van der Waals surface area contributed by atoms with Crippen LogP contribution >= 0.6 is 23.4 Å². The number of rotatable bonds is 4. The Kier molecular flexibility index (Phi) is 6.16. The molecule has 0 spiro atoms. The highest BCUT2D eigenvalue weighted by molar-refractivity contribution is 7.99. The summed E-state index contributed by atoms with van der Waals surface area (Å²) in [6, 6.07) is 14.4. The topological polar surface area (TPSA) is 55.2 Å². The van der Waals surface area contributed by atoms with Crippen LogP contribution in [-0.2, 0) is 4.79 Å². The molecule has 0 bridgehead atoms. The Bertz CT molecular complexity index is 1140. The summed E-state index contributed by atoms with van der Waals surface area (Å²) in [6.45, 7) is 5.95. The van der Waals surface area contributed by atoms with Crippen LogP contribution in [0.1, 0.15) is 20.3 Å². The molecule has 5 nitrogen and oxygen atoms in total. The maximum absolute atomic E-state index is 13.3. The minimum Gasteiger partial charge on any atom is -0.341 e. The lowest BCUT2D eigenvalue weighted by Gasteiger charge is -2.35. The summed E-state index contributed by atoms with van der Waals surface area (Å²) >= 11 is 7.47. The largest absolute Gasteiger partial charge is 0.341 e. The highest BCUT2D eigenvalue weighted by atomic mass is 35.5. The predicted octanol–water partition coefficient (Wildman–Crippen LogP) is 4.64. The van der Waals surface area contributed by atoms with Crippen LogP contribution in [0, 0.1) is 11.8 Å². The Labute approximate surface area is 185 Å². The number of piperidine rings is 1. The first-order chi connectivity index (χ1) is 14.4. The van der Waals surface area contributed by atoms with Crippen LogP contribution in [0.15, 0.2) is 58.5 Å². The summed E-state index contributed by atoms with van der Waals surface area (Å²) in [4.78, 5) is 32.8. The van der Waals surface area contributed by atoms with Gasteiger partial charge in [-0.1, -0.05) is 55.4 Å². The highest BCUT2D eigenvalue weighted by Gasteiger charge is 2.26. The molecule has 1 saturated heterocycles. The lowest BCUT2D eigenvalue weighted by atomic mass is 9.92. The number of hydrogen-bond donors (Lipinski definition) is 0. The monoisotopic (exact) mass is 441 g/mol. The van der Waals surface area contributed by atoms with E-state index in [1.807, 2.05) is 29.2 Å². The van der Waals surface area contributed by atoms with Gasteiger partial charge >= 0.3 is 0 Å². The standard InChI is InChI=1S/C23H24ClN3O2S/c1-15-10-16(2)13-26(12-15)21(28)14-30-23-25-20-9-4-3-8-19(20)22(29)27(23)18-7-5-6-17(24)11-18/h3-9,11,15-16H,10,12-14H2,1-2H3/t15-,16-/m1/s1. The van der Waals surface area contributed by atoms with Crippen molar-refractivity contribution in [1.82, 2.24) is 14.5 Å². The summed E-state index contributed by atoms with van der Waals surface area (Å²) in [5.41, 5.74) is 1.09. The molecule has 1 aliphatic heterocycles. The van der Waals surface area contributed by atoms with Gasteiger partial charge in [0, 0.05) is 18.1 Å². The molecule has 0 saturated carbocycles. The molecule has 7 heteroatoms. The number of para-hydroxylation sites is 1. The first-order valence-corrected chi connectivity index (χ1v) is 11.5. The van der Waals surface area contributed by atoms with Crippen molar-refractivity contribution in [3.63, 3.8) is 0 Å². The Morgan fingerprint density at radius 2 is 1.87 bits per heavy atom. The van der Waals surface area contributed by atoms with E-state index in [2.05, 4.69) is 13.8 Å². The minimum atomic E-state index is -0.168. The highest BCUT2D eigenvalue weighted by Crippen LogP contribution is 2.25. The van der Waals surface area contributed by atoms with E-state index in [0.717, 1.165) is 19.5 Å². The maximum Gasteiger partial charge on any atom is 0.266 e. The number of amides is 1. The van der Waals surface area contributed by atoms with E-state index in [4.69, 9.17) is 16.6 Å². The van der Waals surface area contributed by atoms with E-state index in [1.165, 1.54) is 11.8 Å². The fourth-order valence-corrected chi connectivity index (χ4v) is 5.24. The second-order valence-electron chi connectivity index (χ2n) is 8.07. The molecule has 2 heterocycles. The molecule has 2 atom stereocenters. The molecule has 30 heavy (non-hydrogen) atoms. The number of fused-ring (bicyclic) bond motifs is 1. The average Bonchev–Trinajstić information content (AvgIpc) is 2.71. The molecule has 2 aromatic carbocycles. The fourth-order valence-electron chi connectivity index (χ4n) is 4.14. The van der Waals surface area contributed by atoms with Crippen LogP contribution in [0.5, 0.6) is 0 Å². The molecule has 1 fully saturated rings. The number of carbonyl (C=O) groups excluding carboxylic acids is 1. The first kappa shape index (κ1) is 20.9. The third-order valence-electron chi connectivity index (χ3n) is 5.36. The zero-order valence-corrected chi connectivity index (χ0v) is 18.6. The lowest BCUT2D eigenvalue weighted by molar-refractivity contribution is -0.130. The third-order valence-corrected chi connectivity index (χ3v) is 6.52. The molecule has 0 radical (unpaired) electrons. The lowest BCUT2D eigenvalue weighted by Crippen LogP contribution is -2.43. The van der Waals surface area contributed by atoms with Crippen molar-refractivity contribution in [2.75, 3.05) is 18.8 Å². The van der Waals surface area contributed by atoms with Crippen molar-refractivity contribution in [3.05, 3.63) is 63.9 Å². The van der Waals surface area contributed by atoms with Gasteiger partial charge in [-0.2, -0.15) is 0 Å². The molecule has 3 aromatic rings. The fraction of sp³-hybridized carbons (Fsp3) is 0.348. The SMILES string of the molecule is C[C@@H]1C[C@@H](C)CN(C(=O)CSc2nc3ccccc3c(=O)n2-c2cccc(Cl)c2)C1. The Morgan fingerprint density at radius 3 is 2.60 bits per heavy atom. The molecule has 156 valence electrons. The van der Waals surface area contributed by atoms with Gasteiger partial charge in [-0.15, -0.1) is 0 Å². The number of nitrogens with zero attached hydrogens (tertiary/aromatic N) is 3. The number of benzene rings is 2. The quantitative estimate of drug-likeness (QED) is 0.437. The van der Waals surface area contributed by atoms with Crippen molar-refractivity contribution in [1.29, 1.82) is 0 Å². The van der Waals surface area contributed by atoms with Crippen molar-refractivity contribution >= 4 is 40.2 Å². The molecule has 0 aliphatic carbocycles. The number of carbonyl (C=O) groups is 1. The van der Waals surface area contributed by atoms with Crippen LogP contribution in [0.25, 0.3) is 16.6 Å². The molecular formula is C23H24ClN3O2S. The van der Waals surface area contributed by atoms with E-state index < -0.39 is 0 Å². The molecule has 4 rings (SSSR count). The molecule has 1 amide bonds. The molecule has 0 N–H and O–H groups in total. The minimum absolute atomic E-state index is 0.0819. The van der Waals surface area contributed by atoms with Gasteiger partial charge in [-0.3, -0.25) is 14.2 Å². The summed E-state index contributed by atoms with van der Waals surface area (Å²) in [5.74, 6) is 1.33. The van der Waals surface area contributed by atoms with Gasteiger partial charge in [-0.25, -0.2) is 4.98 Å². The van der Waals surface area contributed by atoms with Crippen molar-refractivity contribution in [2.45, 2.75) is 25.4 Å². The summed E-state index contributed by atoms with van der Waals surface area (Å²) in [6.07, 6.45) is 1.15. The number of thioether (sulfide) groups is 1. The smallest absolute Gasteiger partial charge is 0.266 e. The van der Waals surface area contributed by atoms with Gasteiger partial charge in [0.05, 0.1) is 22.3 Å². The van der Waals surface area contributed by atoms with E-state index in [-0.39, 0.29) is 17.2 Å². The van der Waals surface area contributed by atoms with Gasteiger partial charge < -0.3 is 4.90 Å². The average molecular weight is 442 g/mol. The summed E-state index contributed by atoms with van der Waals surface area (Å²) < 4.78 is 1.55. The van der Waals surface area contributed by atoms with E-state index in [9.17, 15) is 9.59 Å². The number of aromatic nitrogens is 2. The second kappa shape index (κ2) is 8.82. The predicted molar refractivity (Wildman–Crippen MR) is 123 cm³/mol. The van der Waals surface area contributed by atoms with Gasteiger partial charge in [0.25, 0.3) is 5.56 Å². The Hall–Kier alpha value is -2.31. The second-order valence-corrected chi connectivity index (χ2v) is 9.44.